The predicted molar refractivity (Wildman–Crippen MR) is 77.4 cm³/mol. The number of methoxy groups -OCH3 is 1. The van der Waals surface area contributed by atoms with Crippen LogP contribution in [0.5, 0.6) is 5.75 Å². The first-order valence-electron chi connectivity index (χ1n) is 6.91. The Bertz CT molecular complexity index is 412. The molecule has 0 spiro atoms. The fourth-order valence-corrected chi connectivity index (χ4v) is 2.92. The molecular weight excluding hydrogens is 222 g/mol. The monoisotopic (exact) mass is 247 g/mol. The van der Waals surface area contributed by atoms with Crippen molar-refractivity contribution < 1.29 is 4.74 Å². The lowest BCUT2D eigenvalue weighted by Gasteiger charge is -2.36. The van der Waals surface area contributed by atoms with Crippen LogP contribution in [0.4, 0.5) is 5.69 Å². The molecule has 1 aliphatic carbocycles. The van der Waals surface area contributed by atoms with Crippen LogP contribution >= 0.6 is 0 Å². The second kappa shape index (κ2) is 5.21. The molecule has 2 rings (SSSR count). The second-order valence-electron chi connectivity index (χ2n) is 6.28. The van der Waals surface area contributed by atoms with E-state index < -0.39 is 0 Å². The summed E-state index contributed by atoms with van der Waals surface area (Å²) in [6.45, 7) is 6.90. The fourth-order valence-electron chi connectivity index (χ4n) is 2.92. The van der Waals surface area contributed by atoms with Gasteiger partial charge in [-0.05, 0) is 43.2 Å². The van der Waals surface area contributed by atoms with Crippen molar-refractivity contribution in [1.29, 1.82) is 0 Å². The Morgan fingerprint density at radius 2 is 2.11 bits per heavy atom. The van der Waals surface area contributed by atoms with Crippen molar-refractivity contribution in [1.82, 2.24) is 0 Å². The molecule has 1 aliphatic rings. The van der Waals surface area contributed by atoms with E-state index in [1.54, 1.807) is 7.11 Å². The first-order chi connectivity index (χ1) is 8.50. The lowest BCUT2D eigenvalue weighted by atomic mass is 9.75. The number of anilines is 1. The fraction of sp³-hybridized carbons (Fsp3) is 0.625. The quantitative estimate of drug-likeness (QED) is 0.855. The van der Waals surface area contributed by atoms with E-state index in [2.05, 4.69) is 38.2 Å². The zero-order valence-electron chi connectivity index (χ0n) is 12.0. The maximum Gasteiger partial charge on any atom is 0.120 e. The summed E-state index contributed by atoms with van der Waals surface area (Å²) in [5, 5.41) is 3.70. The molecule has 18 heavy (non-hydrogen) atoms. The first-order valence-corrected chi connectivity index (χ1v) is 6.91. The van der Waals surface area contributed by atoms with E-state index in [0.29, 0.717) is 11.5 Å². The zero-order chi connectivity index (χ0) is 13.2. The van der Waals surface area contributed by atoms with Crippen molar-refractivity contribution in [2.75, 3.05) is 12.4 Å². The molecule has 1 aromatic rings. The van der Waals surface area contributed by atoms with E-state index in [9.17, 15) is 0 Å². The van der Waals surface area contributed by atoms with Crippen LogP contribution in [0.15, 0.2) is 18.2 Å². The van der Waals surface area contributed by atoms with E-state index in [1.165, 1.54) is 36.9 Å². The number of ether oxygens (including phenoxy) is 1. The van der Waals surface area contributed by atoms with Crippen molar-refractivity contribution in [3.63, 3.8) is 0 Å². The Balaban J connectivity index is 2.09. The third-order valence-electron chi connectivity index (χ3n) is 4.01. The summed E-state index contributed by atoms with van der Waals surface area (Å²) < 4.78 is 5.30. The van der Waals surface area contributed by atoms with Gasteiger partial charge in [-0.25, -0.2) is 0 Å². The van der Waals surface area contributed by atoms with Gasteiger partial charge in [0.15, 0.2) is 0 Å². The molecule has 2 heteroatoms. The maximum atomic E-state index is 5.30. The van der Waals surface area contributed by atoms with Crippen LogP contribution < -0.4 is 10.1 Å². The summed E-state index contributed by atoms with van der Waals surface area (Å²) in [6, 6.07) is 6.84. The number of nitrogens with one attached hydrogen (secondary N) is 1. The van der Waals surface area contributed by atoms with Gasteiger partial charge >= 0.3 is 0 Å². The van der Waals surface area contributed by atoms with Crippen molar-refractivity contribution in [2.45, 2.75) is 52.5 Å². The van der Waals surface area contributed by atoms with Gasteiger partial charge in [-0.3, -0.25) is 0 Å². The van der Waals surface area contributed by atoms with Crippen LogP contribution in [0.3, 0.4) is 0 Å². The van der Waals surface area contributed by atoms with E-state index in [4.69, 9.17) is 4.74 Å². The second-order valence-corrected chi connectivity index (χ2v) is 6.28. The molecule has 1 fully saturated rings. The third-order valence-corrected chi connectivity index (χ3v) is 4.01. The van der Waals surface area contributed by atoms with E-state index in [1.807, 2.05) is 6.07 Å². The highest BCUT2D eigenvalue weighted by atomic mass is 16.5. The smallest absolute Gasteiger partial charge is 0.120 e. The molecule has 1 unspecified atom stereocenters. The van der Waals surface area contributed by atoms with Crippen molar-refractivity contribution in [2.24, 2.45) is 5.41 Å². The first kappa shape index (κ1) is 13.3. The maximum absolute atomic E-state index is 5.30. The lowest BCUT2D eigenvalue weighted by molar-refractivity contribution is 0.229. The normalized spacial score (nSPS) is 22.6. The Morgan fingerprint density at radius 1 is 1.33 bits per heavy atom. The van der Waals surface area contributed by atoms with Crippen LogP contribution in [0, 0.1) is 12.3 Å². The molecule has 0 radical (unpaired) electrons. The highest BCUT2D eigenvalue weighted by Crippen LogP contribution is 2.37. The van der Waals surface area contributed by atoms with Crippen molar-refractivity contribution in [3.05, 3.63) is 23.8 Å². The minimum Gasteiger partial charge on any atom is -0.497 e. The van der Waals surface area contributed by atoms with Gasteiger partial charge in [0.1, 0.15) is 5.75 Å². The molecule has 0 aromatic heterocycles. The van der Waals surface area contributed by atoms with Gasteiger partial charge in [0.2, 0.25) is 0 Å². The van der Waals surface area contributed by atoms with Gasteiger partial charge in [0.05, 0.1) is 7.11 Å². The van der Waals surface area contributed by atoms with Crippen LogP contribution in [0.1, 0.15) is 45.1 Å². The molecule has 1 aromatic carbocycles. The Morgan fingerprint density at radius 3 is 2.78 bits per heavy atom. The largest absolute Gasteiger partial charge is 0.497 e. The molecule has 2 nitrogen and oxygen atoms in total. The number of benzene rings is 1. The van der Waals surface area contributed by atoms with Crippen molar-refractivity contribution >= 4 is 5.69 Å². The van der Waals surface area contributed by atoms with Crippen LogP contribution in [-0.2, 0) is 0 Å². The number of rotatable bonds is 3. The highest BCUT2D eigenvalue weighted by Gasteiger charge is 2.27. The highest BCUT2D eigenvalue weighted by molar-refractivity contribution is 5.55. The molecule has 1 N–H and O–H groups in total. The van der Waals surface area contributed by atoms with E-state index in [0.717, 1.165) is 5.75 Å². The summed E-state index contributed by atoms with van der Waals surface area (Å²) in [5.74, 6) is 0.929. The van der Waals surface area contributed by atoms with Gasteiger partial charge in [-0.1, -0.05) is 26.3 Å². The van der Waals surface area contributed by atoms with Gasteiger partial charge in [-0.2, -0.15) is 0 Å². The third kappa shape index (κ3) is 3.18. The van der Waals surface area contributed by atoms with Crippen LogP contribution in [0.2, 0.25) is 0 Å². The Kier molecular flexibility index (Phi) is 3.84. The Hall–Kier alpha value is -1.18. The van der Waals surface area contributed by atoms with Gasteiger partial charge < -0.3 is 10.1 Å². The standard InChI is InChI=1S/C16H25NO/c1-12-7-8-14(18-4)10-15(12)17-13-6-5-9-16(2,3)11-13/h7-8,10,13,17H,5-6,9,11H2,1-4H3. The molecule has 1 atom stereocenters. The Labute approximate surface area is 111 Å². The minimum atomic E-state index is 0.475. The average Bonchev–Trinajstić information content (AvgIpc) is 2.31. The van der Waals surface area contributed by atoms with Gasteiger partial charge in [0.25, 0.3) is 0 Å². The van der Waals surface area contributed by atoms with Gasteiger partial charge in [-0.15, -0.1) is 0 Å². The average molecular weight is 247 g/mol. The molecule has 1 saturated carbocycles. The number of aryl methyl sites for hydroxylation is 1. The predicted octanol–water partition coefficient (Wildman–Crippen LogP) is 4.38. The summed E-state index contributed by atoms with van der Waals surface area (Å²) >= 11 is 0. The molecule has 0 amide bonds. The lowest BCUT2D eigenvalue weighted by Crippen LogP contribution is -2.31. The molecule has 100 valence electrons. The van der Waals surface area contributed by atoms with E-state index >= 15 is 0 Å². The van der Waals surface area contributed by atoms with Crippen LogP contribution in [0.25, 0.3) is 0 Å². The number of hydrogen-bond acceptors (Lipinski definition) is 2. The zero-order valence-corrected chi connectivity index (χ0v) is 12.0. The molecular formula is C16H25NO. The molecule has 0 bridgehead atoms. The summed E-state index contributed by atoms with van der Waals surface area (Å²) in [5.41, 5.74) is 2.99. The number of hydrogen-bond donors (Lipinski definition) is 1. The molecule has 0 aliphatic heterocycles. The van der Waals surface area contributed by atoms with Crippen LogP contribution in [-0.4, -0.2) is 13.2 Å². The minimum absolute atomic E-state index is 0.475. The SMILES string of the molecule is COc1ccc(C)c(NC2CCCC(C)(C)C2)c1. The summed E-state index contributed by atoms with van der Waals surface area (Å²) in [7, 11) is 1.72. The topological polar surface area (TPSA) is 21.3 Å². The van der Waals surface area contributed by atoms with E-state index in [-0.39, 0.29) is 0 Å². The molecule has 0 heterocycles. The summed E-state index contributed by atoms with van der Waals surface area (Å²) in [4.78, 5) is 0. The summed E-state index contributed by atoms with van der Waals surface area (Å²) in [6.07, 6.45) is 5.21. The van der Waals surface area contributed by atoms with Crippen molar-refractivity contribution in [3.8, 4) is 5.75 Å². The van der Waals surface area contributed by atoms with Gasteiger partial charge in [0, 0.05) is 17.8 Å². The molecule has 0 saturated heterocycles.